The lowest BCUT2D eigenvalue weighted by Crippen LogP contribution is -2.11. The second kappa shape index (κ2) is 5.02. The molecular weight excluding hydrogens is 217 g/mol. The molecule has 0 spiro atoms. The van der Waals surface area contributed by atoms with Crippen LogP contribution in [0.2, 0.25) is 0 Å². The molecule has 1 atom stereocenters. The van der Waals surface area contributed by atoms with Gasteiger partial charge in [-0.15, -0.1) is 11.8 Å². The van der Waals surface area contributed by atoms with Gasteiger partial charge in [-0.3, -0.25) is 4.79 Å². The summed E-state index contributed by atoms with van der Waals surface area (Å²) in [5, 5.41) is 8.67. The predicted octanol–water partition coefficient (Wildman–Crippen LogP) is 2.22. The smallest absolute Gasteiger partial charge is 0.307 e. The standard InChI is InChI=1S/C10H12FNO2S/c1-6(10(13)14)5-15-9-4-7(11)2-3-8(9)12/h2-4,6H,5,12H2,1H3,(H,13,14). The lowest BCUT2D eigenvalue weighted by molar-refractivity contribution is -0.140. The average Bonchev–Trinajstić information content (AvgIpc) is 2.18. The SMILES string of the molecule is CC(CSc1cc(F)ccc1N)C(=O)O. The molecule has 5 heteroatoms. The van der Waals surface area contributed by atoms with Crippen LogP contribution in [-0.2, 0) is 4.79 Å². The molecule has 1 unspecified atom stereocenters. The number of thioether (sulfide) groups is 1. The summed E-state index contributed by atoms with van der Waals surface area (Å²) < 4.78 is 12.8. The van der Waals surface area contributed by atoms with Crippen LogP contribution in [0.3, 0.4) is 0 Å². The fourth-order valence-corrected chi connectivity index (χ4v) is 1.92. The highest BCUT2D eigenvalue weighted by Gasteiger charge is 2.12. The summed E-state index contributed by atoms with van der Waals surface area (Å²) in [6, 6.07) is 4.07. The third-order valence-electron chi connectivity index (χ3n) is 1.89. The van der Waals surface area contributed by atoms with Gasteiger partial charge >= 0.3 is 5.97 Å². The molecule has 1 aromatic rings. The van der Waals surface area contributed by atoms with E-state index in [0.29, 0.717) is 16.3 Å². The maximum atomic E-state index is 12.8. The van der Waals surface area contributed by atoms with Crippen LogP contribution >= 0.6 is 11.8 Å². The Morgan fingerprint density at radius 3 is 2.93 bits per heavy atom. The molecule has 0 heterocycles. The largest absolute Gasteiger partial charge is 0.481 e. The van der Waals surface area contributed by atoms with Crippen LogP contribution in [0.5, 0.6) is 0 Å². The Balaban J connectivity index is 2.65. The van der Waals surface area contributed by atoms with Gasteiger partial charge in [-0.05, 0) is 18.2 Å². The molecule has 1 aromatic carbocycles. The minimum absolute atomic E-state index is 0.366. The zero-order valence-electron chi connectivity index (χ0n) is 8.24. The second-order valence-electron chi connectivity index (χ2n) is 3.23. The molecule has 0 aliphatic heterocycles. The number of halogens is 1. The van der Waals surface area contributed by atoms with Gasteiger partial charge in [0.2, 0.25) is 0 Å². The van der Waals surface area contributed by atoms with Crippen molar-refractivity contribution in [3.05, 3.63) is 24.0 Å². The van der Waals surface area contributed by atoms with E-state index in [1.165, 1.54) is 30.0 Å². The zero-order valence-corrected chi connectivity index (χ0v) is 9.05. The molecule has 0 aliphatic rings. The summed E-state index contributed by atoms with van der Waals surface area (Å²) in [5.74, 6) is -1.33. The van der Waals surface area contributed by atoms with E-state index >= 15 is 0 Å². The van der Waals surface area contributed by atoms with Crippen molar-refractivity contribution in [1.82, 2.24) is 0 Å². The fourth-order valence-electron chi connectivity index (χ4n) is 0.919. The average molecular weight is 229 g/mol. The normalized spacial score (nSPS) is 12.4. The summed E-state index contributed by atoms with van der Waals surface area (Å²) >= 11 is 1.25. The van der Waals surface area contributed by atoms with Crippen molar-refractivity contribution in [2.45, 2.75) is 11.8 Å². The molecule has 0 saturated carbocycles. The molecule has 3 N–H and O–H groups in total. The fraction of sp³-hybridized carbons (Fsp3) is 0.300. The maximum absolute atomic E-state index is 12.8. The molecule has 0 amide bonds. The predicted molar refractivity (Wildman–Crippen MR) is 58.3 cm³/mol. The Labute approximate surface area is 91.5 Å². The molecule has 3 nitrogen and oxygen atoms in total. The third-order valence-corrected chi connectivity index (χ3v) is 3.22. The Hall–Kier alpha value is -1.23. The van der Waals surface area contributed by atoms with E-state index in [-0.39, 0.29) is 5.82 Å². The number of carboxylic acids is 1. The molecule has 0 saturated heterocycles. The van der Waals surface area contributed by atoms with Crippen molar-refractivity contribution in [2.24, 2.45) is 5.92 Å². The van der Waals surface area contributed by atoms with E-state index in [9.17, 15) is 9.18 Å². The van der Waals surface area contributed by atoms with E-state index in [0.717, 1.165) is 0 Å². The van der Waals surface area contributed by atoms with E-state index in [2.05, 4.69) is 0 Å². The first-order valence-electron chi connectivity index (χ1n) is 4.41. The number of carbonyl (C=O) groups is 1. The number of nitrogen functional groups attached to an aromatic ring is 1. The van der Waals surface area contributed by atoms with Crippen molar-refractivity contribution in [1.29, 1.82) is 0 Å². The minimum atomic E-state index is -0.863. The monoisotopic (exact) mass is 229 g/mol. The molecule has 0 radical (unpaired) electrons. The van der Waals surface area contributed by atoms with Gasteiger partial charge in [0.15, 0.2) is 0 Å². The lowest BCUT2D eigenvalue weighted by Gasteiger charge is -2.07. The quantitative estimate of drug-likeness (QED) is 0.614. The number of anilines is 1. The van der Waals surface area contributed by atoms with E-state index in [4.69, 9.17) is 10.8 Å². The van der Waals surface area contributed by atoms with Gasteiger partial charge < -0.3 is 10.8 Å². The van der Waals surface area contributed by atoms with Crippen LogP contribution in [0.4, 0.5) is 10.1 Å². The summed E-state index contributed by atoms with van der Waals surface area (Å²) in [6.45, 7) is 1.60. The van der Waals surface area contributed by atoms with E-state index in [1.54, 1.807) is 6.92 Å². The topological polar surface area (TPSA) is 63.3 Å². The number of benzene rings is 1. The first-order chi connectivity index (χ1) is 7.00. The Morgan fingerprint density at radius 2 is 2.33 bits per heavy atom. The number of carboxylic acid groups (broad SMARTS) is 1. The third kappa shape index (κ3) is 3.43. The van der Waals surface area contributed by atoms with Crippen LogP contribution in [0.1, 0.15) is 6.92 Å². The van der Waals surface area contributed by atoms with Gasteiger partial charge in [-0.25, -0.2) is 4.39 Å². The summed E-state index contributed by atoms with van der Waals surface area (Å²) in [6.07, 6.45) is 0. The maximum Gasteiger partial charge on any atom is 0.307 e. The summed E-state index contributed by atoms with van der Waals surface area (Å²) in [5.41, 5.74) is 6.09. The van der Waals surface area contributed by atoms with Crippen molar-refractivity contribution < 1.29 is 14.3 Å². The van der Waals surface area contributed by atoms with Gasteiger partial charge in [0.25, 0.3) is 0 Å². The van der Waals surface area contributed by atoms with Crippen molar-refractivity contribution in [3.63, 3.8) is 0 Å². The molecule has 1 rings (SSSR count). The van der Waals surface area contributed by atoms with Crippen LogP contribution in [0, 0.1) is 11.7 Å². The van der Waals surface area contributed by atoms with Gasteiger partial charge in [0.05, 0.1) is 5.92 Å². The van der Waals surface area contributed by atoms with Crippen LogP contribution in [0.25, 0.3) is 0 Å². The molecule has 82 valence electrons. The first-order valence-corrected chi connectivity index (χ1v) is 5.40. The van der Waals surface area contributed by atoms with Gasteiger partial charge in [-0.2, -0.15) is 0 Å². The zero-order chi connectivity index (χ0) is 11.4. The van der Waals surface area contributed by atoms with Crippen molar-refractivity contribution in [2.75, 3.05) is 11.5 Å². The molecule has 15 heavy (non-hydrogen) atoms. The number of rotatable bonds is 4. The Bertz CT molecular complexity index is 370. The van der Waals surface area contributed by atoms with Crippen molar-refractivity contribution in [3.8, 4) is 0 Å². The molecular formula is C10H12FNO2S. The molecule has 0 bridgehead atoms. The van der Waals surface area contributed by atoms with Crippen molar-refractivity contribution >= 4 is 23.4 Å². The first kappa shape index (κ1) is 11.8. The number of hydrogen-bond acceptors (Lipinski definition) is 3. The highest BCUT2D eigenvalue weighted by molar-refractivity contribution is 7.99. The van der Waals surface area contributed by atoms with Crippen LogP contribution < -0.4 is 5.73 Å². The Kier molecular flexibility index (Phi) is 3.96. The van der Waals surface area contributed by atoms with E-state index < -0.39 is 11.9 Å². The summed E-state index contributed by atoms with van der Waals surface area (Å²) in [7, 11) is 0. The van der Waals surface area contributed by atoms with E-state index in [1.807, 2.05) is 0 Å². The number of nitrogens with two attached hydrogens (primary N) is 1. The van der Waals surface area contributed by atoms with Crippen LogP contribution in [0.15, 0.2) is 23.1 Å². The second-order valence-corrected chi connectivity index (χ2v) is 4.29. The van der Waals surface area contributed by atoms with Gasteiger partial charge in [0, 0.05) is 16.3 Å². The van der Waals surface area contributed by atoms with Crippen LogP contribution in [-0.4, -0.2) is 16.8 Å². The number of hydrogen-bond donors (Lipinski definition) is 2. The number of aliphatic carboxylic acids is 1. The molecule has 0 fully saturated rings. The minimum Gasteiger partial charge on any atom is -0.481 e. The lowest BCUT2D eigenvalue weighted by atomic mass is 10.2. The Morgan fingerprint density at radius 1 is 1.67 bits per heavy atom. The molecule has 0 aromatic heterocycles. The van der Waals surface area contributed by atoms with Gasteiger partial charge in [-0.1, -0.05) is 6.92 Å². The molecule has 0 aliphatic carbocycles. The summed E-state index contributed by atoms with van der Waals surface area (Å²) in [4.78, 5) is 11.1. The highest BCUT2D eigenvalue weighted by Crippen LogP contribution is 2.27. The highest BCUT2D eigenvalue weighted by atomic mass is 32.2. The van der Waals surface area contributed by atoms with Gasteiger partial charge in [0.1, 0.15) is 5.82 Å².